The fourth-order valence-corrected chi connectivity index (χ4v) is 9.01. The molecule has 246 valence electrons. The van der Waals surface area contributed by atoms with Gasteiger partial charge in [0.25, 0.3) is 6.71 Å². The number of fused-ring (bicyclic) bond motifs is 10. The summed E-state index contributed by atoms with van der Waals surface area (Å²) in [6.45, 7) is 0.0657. The Morgan fingerprint density at radius 2 is 0.906 bits per heavy atom. The number of anilines is 6. The Hall–Kier alpha value is -6.98. The van der Waals surface area contributed by atoms with Crippen LogP contribution in [0.3, 0.4) is 0 Å². The molecule has 12 rings (SSSR count). The highest BCUT2D eigenvalue weighted by Gasteiger charge is 2.43. The van der Waals surface area contributed by atoms with Gasteiger partial charge < -0.3 is 18.6 Å². The van der Waals surface area contributed by atoms with Crippen LogP contribution < -0.4 is 26.2 Å². The zero-order valence-electron chi connectivity index (χ0n) is 28.5. The second kappa shape index (κ2) is 10.8. The molecule has 0 radical (unpaired) electrons. The lowest BCUT2D eigenvalue weighted by atomic mass is 9.33. The van der Waals surface area contributed by atoms with Crippen LogP contribution in [-0.4, -0.2) is 6.71 Å². The monoisotopic (exact) mass is 676 g/mol. The molecule has 0 atom stereocenters. The number of hydrogen-bond donors (Lipinski definition) is 0. The van der Waals surface area contributed by atoms with Gasteiger partial charge in [-0.2, -0.15) is 0 Å². The van der Waals surface area contributed by atoms with Crippen molar-refractivity contribution in [2.75, 3.05) is 9.80 Å². The van der Waals surface area contributed by atoms with Gasteiger partial charge in [0.15, 0.2) is 5.58 Å². The van der Waals surface area contributed by atoms with Crippen molar-refractivity contribution in [3.05, 3.63) is 176 Å². The Morgan fingerprint density at radius 3 is 1.72 bits per heavy atom. The lowest BCUT2D eigenvalue weighted by Gasteiger charge is -2.44. The van der Waals surface area contributed by atoms with Gasteiger partial charge in [-0.3, -0.25) is 0 Å². The Bertz CT molecular complexity index is 3120. The van der Waals surface area contributed by atoms with Gasteiger partial charge in [0.05, 0.1) is 5.69 Å². The van der Waals surface area contributed by atoms with Gasteiger partial charge in [0.2, 0.25) is 0 Å². The minimum Gasteiger partial charge on any atom is -0.456 e. The maximum Gasteiger partial charge on any atom is 0.252 e. The molecule has 0 spiro atoms. The number of para-hydroxylation sites is 5. The average Bonchev–Trinajstić information content (AvgIpc) is 3.79. The Labute approximate surface area is 305 Å². The molecule has 0 aliphatic carbocycles. The summed E-state index contributed by atoms with van der Waals surface area (Å²) in [5.74, 6) is 0. The molecule has 8 aromatic carbocycles. The molecule has 2 aromatic heterocycles. The smallest absolute Gasteiger partial charge is 0.252 e. The molecule has 0 N–H and O–H groups in total. The number of furan rings is 2. The molecule has 0 unspecified atom stereocenters. The third-order valence-electron chi connectivity index (χ3n) is 11.2. The summed E-state index contributed by atoms with van der Waals surface area (Å²) in [6.07, 6.45) is 0. The van der Waals surface area contributed by atoms with Crippen molar-refractivity contribution in [3.63, 3.8) is 0 Å². The van der Waals surface area contributed by atoms with Crippen molar-refractivity contribution < 1.29 is 8.83 Å². The highest BCUT2D eigenvalue weighted by atomic mass is 16.3. The summed E-state index contributed by atoms with van der Waals surface area (Å²) < 4.78 is 12.8. The van der Waals surface area contributed by atoms with E-state index in [9.17, 15) is 0 Å². The molecular weight excluding hydrogens is 647 g/mol. The van der Waals surface area contributed by atoms with Crippen molar-refractivity contribution in [1.82, 2.24) is 0 Å². The largest absolute Gasteiger partial charge is 0.456 e. The summed E-state index contributed by atoms with van der Waals surface area (Å²) in [5.41, 5.74) is 16.6. The van der Waals surface area contributed by atoms with Crippen LogP contribution in [0.25, 0.3) is 55.0 Å². The lowest BCUT2D eigenvalue weighted by Crippen LogP contribution is -2.61. The highest BCUT2D eigenvalue weighted by molar-refractivity contribution is 7.00. The molecule has 5 heteroatoms. The van der Waals surface area contributed by atoms with Crippen molar-refractivity contribution >= 4 is 101 Å². The first-order valence-corrected chi connectivity index (χ1v) is 18.1. The van der Waals surface area contributed by atoms with E-state index in [1.807, 2.05) is 18.2 Å². The quantitative estimate of drug-likeness (QED) is 0.174. The van der Waals surface area contributed by atoms with E-state index in [-0.39, 0.29) is 6.71 Å². The van der Waals surface area contributed by atoms with Gasteiger partial charge in [-0.15, -0.1) is 0 Å². The minimum atomic E-state index is 0.0657. The van der Waals surface area contributed by atoms with Gasteiger partial charge in [0, 0.05) is 50.0 Å². The van der Waals surface area contributed by atoms with Gasteiger partial charge in [-0.05, 0) is 94.2 Å². The second-order valence-corrected chi connectivity index (χ2v) is 14.0. The Morgan fingerprint density at radius 1 is 0.358 bits per heavy atom. The van der Waals surface area contributed by atoms with Crippen molar-refractivity contribution in [2.24, 2.45) is 0 Å². The fraction of sp³-hybridized carbons (Fsp3) is 0. The van der Waals surface area contributed by atoms with Crippen LogP contribution in [0, 0.1) is 0 Å². The van der Waals surface area contributed by atoms with Crippen molar-refractivity contribution in [3.8, 4) is 11.1 Å². The van der Waals surface area contributed by atoms with E-state index < -0.39 is 0 Å². The molecule has 0 saturated heterocycles. The number of nitrogens with zero attached hydrogens (tertiary/aromatic N) is 2. The summed E-state index contributed by atoms with van der Waals surface area (Å²) >= 11 is 0. The molecule has 0 bridgehead atoms. The van der Waals surface area contributed by atoms with Gasteiger partial charge in [0.1, 0.15) is 16.7 Å². The standard InChI is InChI=1S/C48H29BN2O2/c1-8-25-45-33(14-1)35-16-10-23-43(48(35)53-45)51-40-20-6-4-18-38(40)49-37-17-3-5-19-39(37)50(41-21-11-22-42(51)47(41)49)32-13-9-12-30(28-32)31-26-27-46-36(29-31)34-15-2-7-24-44(34)52-46/h1-29H. The van der Waals surface area contributed by atoms with Gasteiger partial charge in [-0.1, -0.05) is 109 Å². The van der Waals surface area contributed by atoms with E-state index in [0.29, 0.717) is 0 Å². The molecule has 53 heavy (non-hydrogen) atoms. The van der Waals surface area contributed by atoms with E-state index in [2.05, 4.69) is 168 Å². The van der Waals surface area contributed by atoms with Crippen LogP contribution in [-0.2, 0) is 0 Å². The zero-order valence-corrected chi connectivity index (χ0v) is 28.5. The van der Waals surface area contributed by atoms with E-state index in [4.69, 9.17) is 8.83 Å². The fourth-order valence-electron chi connectivity index (χ4n) is 9.01. The molecule has 0 saturated carbocycles. The first-order chi connectivity index (χ1) is 26.3. The highest BCUT2D eigenvalue weighted by Crippen LogP contribution is 2.47. The molecule has 0 fully saturated rings. The van der Waals surface area contributed by atoms with Gasteiger partial charge in [-0.25, -0.2) is 0 Å². The lowest BCUT2D eigenvalue weighted by molar-refractivity contribution is 0.668. The predicted molar refractivity (Wildman–Crippen MR) is 220 cm³/mol. The predicted octanol–water partition coefficient (Wildman–Crippen LogP) is 11.2. The average molecular weight is 677 g/mol. The summed E-state index contributed by atoms with van der Waals surface area (Å²) in [6, 6.07) is 63.1. The molecule has 4 heterocycles. The minimum absolute atomic E-state index is 0.0657. The van der Waals surface area contributed by atoms with Crippen molar-refractivity contribution in [1.29, 1.82) is 0 Å². The van der Waals surface area contributed by atoms with Crippen molar-refractivity contribution in [2.45, 2.75) is 0 Å². The molecule has 2 aliphatic heterocycles. The normalized spacial score (nSPS) is 13.2. The summed E-state index contributed by atoms with van der Waals surface area (Å²) in [7, 11) is 0. The molecule has 4 nitrogen and oxygen atoms in total. The topological polar surface area (TPSA) is 32.8 Å². The van der Waals surface area contributed by atoms with E-state index in [1.165, 1.54) is 33.5 Å². The molecule has 10 aromatic rings. The molecule has 0 amide bonds. The first kappa shape index (κ1) is 28.7. The van der Waals surface area contributed by atoms with Crippen LogP contribution in [0.5, 0.6) is 0 Å². The summed E-state index contributed by atoms with van der Waals surface area (Å²) in [4.78, 5) is 4.87. The summed E-state index contributed by atoms with van der Waals surface area (Å²) in [5, 5.41) is 4.51. The number of rotatable bonds is 3. The molecular formula is C48H29BN2O2. The van der Waals surface area contributed by atoms with Crippen LogP contribution in [0.1, 0.15) is 0 Å². The zero-order chi connectivity index (χ0) is 34.6. The van der Waals surface area contributed by atoms with Gasteiger partial charge >= 0.3 is 0 Å². The van der Waals surface area contributed by atoms with E-state index >= 15 is 0 Å². The Balaban J connectivity index is 1.08. The second-order valence-electron chi connectivity index (χ2n) is 14.0. The SMILES string of the molecule is c1cc(-c2ccc3oc4ccccc4c3c2)cc(N2c3ccccc3B3c4ccccc4N(c4cccc5c4oc4ccccc45)c4cccc2c43)c1. The van der Waals surface area contributed by atoms with Crippen LogP contribution in [0.2, 0.25) is 0 Å². The van der Waals surface area contributed by atoms with E-state index in [1.54, 1.807) is 0 Å². The van der Waals surface area contributed by atoms with E-state index in [0.717, 1.165) is 72.1 Å². The van der Waals surface area contributed by atoms with Crippen LogP contribution in [0.4, 0.5) is 34.1 Å². The van der Waals surface area contributed by atoms with Crippen LogP contribution in [0.15, 0.2) is 185 Å². The third-order valence-corrected chi connectivity index (χ3v) is 11.2. The maximum atomic E-state index is 6.65. The third kappa shape index (κ3) is 4.02. The maximum absolute atomic E-state index is 6.65. The number of hydrogen-bond acceptors (Lipinski definition) is 4. The number of benzene rings is 8. The molecule has 2 aliphatic rings. The first-order valence-electron chi connectivity index (χ1n) is 18.1. The van der Waals surface area contributed by atoms with Crippen LogP contribution >= 0.6 is 0 Å². The Kier molecular flexibility index (Phi) is 5.83.